The number of carbonyl (C=O) groups is 1. The van der Waals surface area contributed by atoms with Crippen molar-refractivity contribution in [2.75, 3.05) is 11.9 Å². The van der Waals surface area contributed by atoms with E-state index in [1.807, 2.05) is 20.8 Å². The number of nitrogens with one attached hydrogen (secondary N) is 3. The molecule has 0 aliphatic carbocycles. The molecule has 2 amide bonds. The van der Waals surface area contributed by atoms with Crippen molar-refractivity contribution in [2.24, 2.45) is 5.41 Å². The quantitative estimate of drug-likeness (QED) is 0.696. The molecule has 4 N–H and O–H groups in total. The highest BCUT2D eigenvalue weighted by Crippen LogP contribution is 2.22. The van der Waals surface area contributed by atoms with E-state index in [0.717, 1.165) is 0 Å². The van der Waals surface area contributed by atoms with Gasteiger partial charge in [-0.15, -0.1) is 0 Å². The van der Waals surface area contributed by atoms with Crippen LogP contribution in [-0.2, 0) is 0 Å². The number of imidazole rings is 1. The molecule has 0 spiro atoms. The molecule has 23 heavy (non-hydrogen) atoms. The zero-order valence-corrected chi connectivity index (χ0v) is 13.2. The SMILES string of the molecule is CC(C)(C)C(O)CNC(=O)Nc1ccc2nc(C(F)F)[nH]c2c1. The summed E-state index contributed by atoms with van der Waals surface area (Å²) in [5.74, 6) is -0.407. The van der Waals surface area contributed by atoms with Gasteiger partial charge in [-0.05, 0) is 23.6 Å². The van der Waals surface area contributed by atoms with Crippen molar-refractivity contribution in [3.8, 4) is 0 Å². The molecule has 1 heterocycles. The molecular formula is C15H20F2N4O2. The molecule has 1 aromatic carbocycles. The average Bonchev–Trinajstić information content (AvgIpc) is 2.87. The molecule has 1 aromatic heterocycles. The number of fused-ring (bicyclic) bond motifs is 1. The highest BCUT2D eigenvalue weighted by molar-refractivity contribution is 5.91. The fraction of sp³-hybridized carbons (Fsp3) is 0.467. The van der Waals surface area contributed by atoms with Gasteiger partial charge in [-0.25, -0.2) is 18.6 Å². The van der Waals surface area contributed by atoms with Crippen LogP contribution in [0.3, 0.4) is 0 Å². The third-order valence-electron chi connectivity index (χ3n) is 3.42. The Bertz CT molecular complexity index is 694. The lowest BCUT2D eigenvalue weighted by Crippen LogP contribution is -2.40. The van der Waals surface area contributed by atoms with Gasteiger partial charge < -0.3 is 20.7 Å². The van der Waals surface area contributed by atoms with Crippen molar-refractivity contribution in [1.29, 1.82) is 0 Å². The summed E-state index contributed by atoms with van der Waals surface area (Å²) in [6.07, 6.45) is -3.36. The molecule has 8 heteroatoms. The number of amides is 2. The molecule has 0 bridgehead atoms. The fourth-order valence-electron chi connectivity index (χ4n) is 1.88. The topological polar surface area (TPSA) is 90.0 Å². The maximum absolute atomic E-state index is 12.6. The number of aliphatic hydroxyl groups excluding tert-OH is 1. The Morgan fingerprint density at radius 3 is 2.70 bits per heavy atom. The maximum Gasteiger partial charge on any atom is 0.319 e. The highest BCUT2D eigenvalue weighted by Gasteiger charge is 2.22. The molecule has 2 rings (SSSR count). The number of H-pyrrole nitrogens is 1. The first-order valence-electron chi connectivity index (χ1n) is 7.17. The number of hydrogen-bond donors (Lipinski definition) is 4. The minimum atomic E-state index is -2.68. The average molecular weight is 326 g/mol. The lowest BCUT2D eigenvalue weighted by molar-refractivity contribution is 0.0654. The number of aliphatic hydroxyl groups is 1. The van der Waals surface area contributed by atoms with Crippen LogP contribution < -0.4 is 10.6 Å². The van der Waals surface area contributed by atoms with Gasteiger partial charge in [-0.2, -0.15) is 0 Å². The van der Waals surface area contributed by atoms with Crippen molar-refractivity contribution in [3.63, 3.8) is 0 Å². The number of aromatic nitrogens is 2. The van der Waals surface area contributed by atoms with Crippen LogP contribution in [0.4, 0.5) is 19.3 Å². The maximum atomic E-state index is 12.6. The van der Waals surface area contributed by atoms with Crippen molar-refractivity contribution in [1.82, 2.24) is 15.3 Å². The number of urea groups is 1. The van der Waals surface area contributed by atoms with E-state index in [9.17, 15) is 18.7 Å². The number of halogens is 2. The number of anilines is 1. The Morgan fingerprint density at radius 1 is 1.39 bits per heavy atom. The molecule has 0 saturated carbocycles. The Balaban J connectivity index is 1.99. The number of rotatable bonds is 4. The van der Waals surface area contributed by atoms with Crippen molar-refractivity contribution >= 4 is 22.8 Å². The van der Waals surface area contributed by atoms with Crippen molar-refractivity contribution in [3.05, 3.63) is 24.0 Å². The van der Waals surface area contributed by atoms with E-state index in [1.165, 1.54) is 12.1 Å². The van der Waals surface area contributed by atoms with E-state index in [0.29, 0.717) is 16.7 Å². The van der Waals surface area contributed by atoms with E-state index in [2.05, 4.69) is 20.6 Å². The summed E-state index contributed by atoms with van der Waals surface area (Å²) >= 11 is 0. The van der Waals surface area contributed by atoms with Crippen molar-refractivity contribution < 1.29 is 18.7 Å². The zero-order chi connectivity index (χ0) is 17.2. The molecular weight excluding hydrogens is 306 g/mol. The van der Waals surface area contributed by atoms with E-state index < -0.39 is 24.4 Å². The minimum Gasteiger partial charge on any atom is -0.391 e. The number of benzene rings is 1. The molecule has 2 aromatic rings. The smallest absolute Gasteiger partial charge is 0.319 e. The standard InChI is InChI=1S/C15H20F2N4O2/c1-15(2,3)11(22)7-18-14(23)19-8-4-5-9-10(6-8)21-13(20-9)12(16)17/h4-6,11-12,22H,7H2,1-3H3,(H,20,21)(H2,18,19,23). The largest absolute Gasteiger partial charge is 0.391 e. The van der Waals surface area contributed by atoms with Crippen LogP contribution in [0.1, 0.15) is 33.0 Å². The lowest BCUT2D eigenvalue weighted by Gasteiger charge is -2.25. The van der Waals surface area contributed by atoms with Gasteiger partial charge in [0, 0.05) is 12.2 Å². The second-order valence-electron chi connectivity index (χ2n) is 6.37. The van der Waals surface area contributed by atoms with E-state index >= 15 is 0 Å². The zero-order valence-electron chi connectivity index (χ0n) is 13.2. The Kier molecular flexibility index (Phi) is 4.84. The van der Waals surface area contributed by atoms with Gasteiger partial charge in [-0.1, -0.05) is 20.8 Å². The Hall–Kier alpha value is -2.22. The summed E-state index contributed by atoms with van der Waals surface area (Å²) < 4.78 is 25.2. The predicted molar refractivity (Wildman–Crippen MR) is 83.5 cm³/mol. The highest BCUT2D eigenvalue weighted by atomic mass is 19.3. The minimum absolute atomic E-state index is 0.108. The molecule has 0 aliphatic heterocycles. The van der Waals surface area contributed by atoms with Crippen LogP contribution >= 0.6 is 0 Å². The summed E-state index contributed by atoms with van der Waals surface area (Å²) in [5.41, 5.74) is 0.903. The monoisotopic (exact) mass is 326 g/mol. The Labute approximate surface area is 132 Å². The van der Waals surface area contributed by atoms with Crippen molar-refractivity contribution in [2.45, 2.75) is 33.3 Å². The second-order valence-corrected chi connectivity index (χ2v) is 6.37. The first kappa shape index (κ1) is 17.1. The van der Waals surface area contributed by atoms with Crippen LogP contribution in [0.5, 0.6) is 0 Å². The number of nitrogens with zero attached hydrogens (tertiary/aromatic N) is 1. The summed E-state index contributed by atoms with van der Waals surface area (Å²) in [4.78, 5) is 18.1. The molecule has 6 nitrogen and oxygen atoms in total. The van der Waals surface area contributed by atoms with Crippen LogP contribution in [0.15, 0.2) is 18.2 Å². The predicted octanol–water partition coefficient (Wildman–Crippen LogP) is 3.03. The van der Waals surface area contributed by atoms with E-state index in [-0.39, 0.29) is 12.0 Å². The summed E-state index contributed by atoms with van der Waals surface area (Å²) in [5, 5.41) is 15.0. The van der Waals surface area contributed by atoms with Gasteiger partial charge >= 0.3 is 6.03 Å². The number of hydrogen-bond acceptors (Lipinski definition) is 3. The summed E-state index contributed by atoms with van der Waals surface area (Å²) in [6, 6.07) is 4.14. The second kappa shape index (κ2) is 6.49. The normalized spacial score (nSPS) is 13.3. The number of carbonyl (C=O) groups excluding carboxylic acids is 1. The van der Waals surface area contributed by atoms with E-state index in [4.69, 9.17) is 0 Å². The van der Waals surface area contributed by atoms with Gasteiger partial charge in [0.05, 0.1) is 17.1 Å². The van der Waals surface area contributed by atoms with E-state index in [1.54, 1.807) is 6.07 Å². The molecule has 0 radical (unpaired) electrons. The molecule has 1 unspecified atom stereocenters. The molecule has 0 aliphatic rings. The van der Waals surface area contributed by atoms with Crippen LogP contribution in [-0.4, -0.2) is 33.8 Å². The molecule has 1 atom stereocenters. The Morgan fingerprint density at radius 2 is 2.09 bits per heavy atom. The summed E-state index contributed by atoms with van der Waals surface area (Å²) in [6.45, 7) is 5.70. The van der Waals surface area contributed by atoms with Gasteiger partial charge in [0.25, 0.3) is 6.43 Å². The van der Waals surface area contributed by atoms with Crippen LogP contribution in [0.25, 0.3) is 11.0 Å². The van der Waals surface area contributed by atoms with Gasteiger partial charge in [0.1, 0.15) is 0 Å². The van der Waals surface area contributed by atoms with Crippen LogP contribution in [0.2, 0.25) is 0 Å². The lowest BCUT2D eigenvalue weighted by atomic mass is 9.89. The summed E-state index contributed by atoms with van der Waals surface area (Å²) in [7, 11) is 0. The van der Waals surface area contributed by atoms with Crippen LogP contribution in [0, 0.1) is 5.41 Å². The third-order valence-corrected chi connectivity index (χ3v) is 3.42. The first-order valence-corrected chi connectivity index (χ1v) is 7.17. The molecule has 126 valence electrons. The first-order chi connectivity index (χ1) is 10.7. The van der Waals surface area contributed by atoms with Gasteiger partial charge in [-0.3, -0.25) is 0 Å². The van der Waals surface area contributed by atoms with Gasteiger partial charge in [0.2, 0.25) is 0 Å². The van der Waals surface area contributed by atoms with Gasteiger partial charge in [0.15, 0.2) is 5.82 Å². The third kappa shape index (κ3) is 4.38. The molecule has 0 saturated heterocycles. The number of alkyl halides is 2. The number of aromatic amines is 1. The fourth-order valence-corrected chi connectivity index (χ4v) is 1.88. The molecule has 0 fully saturated rings.